The molecule has 0 aliphatic rings. The monoisotopic (exact) mass is 139 g/mol. The van der Waals surface area contributed by atoms with Crippen LogP contribution in [0.2, 0.25) is 0 Å². The van der Waals surface area contributed by atoms with E-state index in [0.29, 0.717) is 5.82 Å². The zero-order valence-electron chi connectivity index (χ0n) is 5.83. The number of hydrogen-bond donors (Lipinski definition) is 2. The van der Waals surface area contributed by atoms with Crippen LogP contribution in [-0.4, -0.2) is 7.05 Å². The van der Waals surface area contributed by atoms with E-state index >= 15 is 0 Å². The van der Waals surface area contributed by atoms with Crippen LogP contribution in [0.25, 0.3) is 0 Å². The van der Waals surface area contributed by atoms with Gasteiger partial charge in [-0.2, -0.15) is 0 Å². The fourth-order valence-electron chi connectivity index (χ4n) is 0.748. The van der Waals surface area contributed by atoms with Crippen molar-refractivity contribution in [2.45, 2.75) is 0 Å². The van der Waals surface area contributed by atoms with Gasteiger partial charge in [-0.15, -0.1) is 0 Å². The number of pyridine rings is 1. The Bertz CT molecular complexity index is 221. The lowest BCUT2D eigenvalue weighted by molar-refractivity contribution is -0.359. The highest BCUT2D eigenvalue weighted by atomic mass is 15.4. The number of nitrogens with two attached hydrogens (primary N) is 2. The molecule has 0 aromatic carbocycles. The van der Waals surface area contributed by atoms with Crippen LogP contribution in [0.4, 0.5) is 11.5 Å². The molecule has 0 saturated heterocycles. The molecule has 0 unspecified atom stereocenters. The summed E-state index contributed by atoms with van der Waals surface area (Å²) in [7, 11) is 1.74. The van der Waals surface area contributed by atoms with E-state index < -0.39 is 0 Å². The third-order valence-corrected chi connectivity index (χ3v) is 1.25. The van der Waals surface area contributed by atoms with Crippen LogP contribution < -0.4 is 21.6 Å². The van der Waals surface area contributed by atoms with E-state index in [4.69, 9.17) is 11.6 Å². The SMILES string of the molecule is CN(N)c1ccc[nH+]c1N. The highest BCUT2D eigenvalue weighted by molar-refractivity contribution is 5.58. The summed E-state index contributed by atoms with van der Waals surface area (Å²) >= 11 is 0. The average Bonchev–Trinajstić information content (AvgIpc) is 1.88. The zero-order chi connectivity index (χ0) is 7.56. The molecule has 0 fully saturated rings. The molecule has 54 valence electrons. The van der Waals surface area contributed by atoms with Gasteiger partial charge in [0.2, 0.25) is 0 Å². The fraction of sp³-hybridized carbons (Fsp3) is 0.167. The largest absolute Gasteiger partial charge is 0.307 e. The fourth-order valence-corrected chi connectivity index (χ4v) is 0.748. The molecule has 4 nitrogen and oxygen atoms in total. The number of H-pyrrole nitrogens is 1. The van der Waals surface area contributed by atoms with Crippen molar-refractivity contribution in [1.82, 2.24) is 0 Å². The van der Waals surface area contributed by atoms with Gasteiger partial charge in [0.25, 0.3) is 5.82 Å². The number of rotatable bonds is 1. The van der Waals surface area contributed by atoms with Crippen LogP contribution in [0.15, 0.2) is 18.3 Å². The maximum Gasteiger partial charge on any atom is 0.295 e. The molecule has 1 rings (SSSR count). The van der Waals surface area contributed by atoms with E-state index in [1.54, 1.807) is 13.2 Å². The average molecular weight is 139 g/mol. The number of nitrogen functional groups attached to an aromatic ring is 1. The van der Waals surface area contributed by atoms with Crippen molar-refractivity contribution in [3.8, 4) is 0 Å². The smallest absolute Gasteiger partial charge is 0.295 e. The van der Waals surface area contributed by atoms with Crippen LogP contribution in [-0.2, 0) is 0 Å². The number of aromatic amines is 1. The van der Waals surface area contributed by atoms with E-state index in [-0.39, 0.29) is 0 Å². The Labute approximate surface area is 59.4 Å². The van der Waals surface area contributed by atoms with Gasteiger partial charge < -0.3 is 5.01 Å². The first kappa shape index (κ1) is 6.82. The quantitative estimate of drug-likeness (QED) is 0.403. The summed E-state index contributed by atoms with van der Waals surface area (Å²) in [6.45, 7) is 0. The third kappa shape index (κ3) is 1.16. The van der Waals surface area contributed by atoms with E-state index in [0.717, 1.165) is 5.69 Å². The molecule has 0 amide bonds. The topological polar surface area (TPSA) is 69.4 Å². The summed E-state index contributed by atoms with van der Waals surface area (Å²) in [6, 6.07) is 3.68. The third-order valence-electron chi connectivity index (χ3n) is 1.25. The molecular formula is C6H11N4+. The molecule has 0 bridgehead atoms. The number of hydrazine groups is 1. The molecule has 1 heterocycles. The lowest BCUT2D eigenvalue weighted by Crippen LogP contribution is -2.28. The molecule has 10 heavy (non-hydrogen) atoms. The maximum atomic E-state index is 5.54. The van der Waals surface area contributed by atoms with Gasteiger partial charge in [-0.1, -0.05) is 0 Å². The van der Waals surface area contributed by atoms with Gasteiger partial charge in [0.15, 0.2) is 0 Å². The summed E-state index contributed by atoms with van der Waals surface area (Å²) < 4.78 is 0. The van der Waals surface area contributed by atoms with E-state index in [1.807, 2.05) is 12.1 Å². The van der Waals surface area contributed by atoms with Gasteiger partial charge in [-0.05, 0) is 12.1 Å². The van der Waals surface area contributed by atoms with Gasteiger partial charge in [-0.25, -0.2) is 10.8 Å². The Morgan fingerprint density at radius 1 is 1.60 bits per heavy atom. The van der Waals surface area contributed by atoms with Gasteiger partial charge in [0.05, 0.1) is 6.20 Å². The predicted octanol–water partition coefficient (Wildman–Crippen LogP) is -0.607. The second-order valence-electron chi connectivity index (χ2n) is 2.08. The molecule has 0 atom stereocenters. The van der Waals surface area contributed by atoms with Gasteiger partial charge >= 0.3 is 0 Å². The van der Waals surface area contributed by atoms with Gasteiger partial charge in [0, 0.05) is 7.05 Å². The van der Waals surface area contributed by atoms with Crippen molar-refractivity contribution < 1.29 is 4.98 Å². The first-order valence-electron chi connectivity index (χ1n) is 2.96. The van der Waals surface area contributed by atoms with Crippen LogP contribution in [0.1, 0.15) is 0 Å². The van der Waals surface area contributed by atoms with Crippen molar-refractivity contribution in [3.05, 3.63) is 18.3 Å². The molecule has 1 aromatic heterocycles. The van der Waals surface area contributed by atoms with Crippen LogP contribution in [0.3, 0.4) is 0 Å². The van der Waals surface area contributed by atoms with Crippen molar-refractivity contribution in [2.24, 2.45) is 5.84 Å². The Balaban J connectivity index is 3.03. The highest BCUT2D eigenvalue weighted by Crippen LogP contribution is 2.11. The number of nitrogens with zero attached hydrogens (tertiary/aromatic N) is 1. The standard InChI is InChI=1S/C6H10N4/c1-10(8)5-3-2-4-9-6(5)7/h2-4H,8H2,1H3,(H2,7,9)/p+1. The Hall–Kier alpha value is -1.29. The minimum Gasteiger partial charge on any atom is -0.307 e. The van der Waals surface area contributed by atoms with Crippen LogP contribution in [0.5, 0.6) is 0 Å². The summed E-state index contributed by atoms with van der Waals surface area (Å²) in [5.41, 5.74) is 6.34. The van der Waals surface area contributed by atoms with Crippen LogP contribution in [0, 0.1) is 0 Å². The molecule has 0 saturated carbocycles. The predicted molar refractivity (Wildman–Crippen MR) is 40.0 cm³/mol. The molecule has 4 heteroatoms. The van der Waals surface area contributed by atoms with Crippen molar-refractivity contribution in [2.75, 3.05) is 17.8 Å². The summed E-state index contributed by atoms with van der Waals surface area (Å²) in [5.74, 6) is 6.02. The maximum absolute atomic E-state index is 5.54. The van der Waals surface area contributed by atoms with E-state index in [1.165, 1.54) is 5.01 Å². The normalized spacial score (nSPS) is 9.40. The second kappa shape index (κ2) is 2.53. The Kier molecular flexibility index (Phi) is 1.73. The van der Waals surface area contributed by atoms with Gasteiger partial charge in [0.1, 0.15) is 5.69 Å². The molecule has 0 aliphatic heterocycles. The lowest BCUT2D eigenvalue weighted by atomic mass is 10.4. The molecular weight excluding hydrogens is 128 g/mol. The molecule has 0 spiro atoms. The van der Waals surface area contributed by atoms with Crippen LogP contribution >= 0.6 is 0 Å². The first-order chi connectivity index (χ1) is 4.72. The molecule has 0 aliphatic carbocycles. The van der Waals surface area contributed by atoms with Crippen molar-refractivity contribution in [1.29, 1.82) is 0 Å². The van der Waals surface area contributed by atoms with Crippen molar-refractivity contribution in [3.63, 3.8) is 0 Å². The summed E-state index contributed by atoms with van der Waals surface area (Å²) in [6.07, 6.45) is 1.75. The number of aromatic nitrogens is 1. The molecule has 5 N–H and O–H groups in total. The lowest BCUT2D eigenvalue weighted by Gasteiger charge is -2.09. The number of anilines is 2. The molecule has 0 radical (unpaired) electrons. The highest BCUT2D eigenvalue weighted by Gasteiger charge is 2.04. The van der Waals surface area contributed by atoms with E-state index in [2.05, 4.69) is 4.98 Å². The second-order valence-corrected chi connectivity index (χ2v) is 2.08. The number of nitrogens with one attached hydrogen (secondary N) is 1. The zero-order valence-corrected chi connectivity index (χ0v) is 5.83. The van der Waals surface area contributed by atoms with E-state index in [9.17, 15) is 0 Å². The molecule has 1 aromatic rings. The number of hydrogen-bond acceptors (Lipinski definition) is 3. The minimum absolute atomic E-state index is 0.576. The van der Waals surface area contributed by atoms with Crippen molar-refractivity contribution >= 4 is 11.5 Å². The Morgan fingerprint density at radius 3 is 2.70 bits per heavy atom. The first-order valence-corrected chi connectivity index (χ1v) is 2.96. The minimum atomic E-state index is 0.576. The van der Waals surface area contributed by atoms with Gasteiger partial charge in [-0.3, -0.25) is 5.73 Å². The summed E-state index contributed by atoms with van der Waals surface area (Å²) in [5, 5.41) is 1.46. The summed E-state index contributed by atoms with van der Waals surface area (Å²) in [4.78, 5) is 2.84. The Morgan fingerprint density at radius 2 is 2.30 bits per heavy atom.